The fraction of sp³-hybridized carbons (Fsp3) is 0.727. The maximum atomic E-state index is 5.60. The summed E-state index contributed by atoms with van der Waals surface area (Å²) in [6.45, 7) is 3.16. The molecule has 0 bridgehead atoms. The minimum atomic E-state index is 0.791. The van der Waals surface area contributed by atoms with Crippen LogP contribution in [0.4, 0.5) is 5.13 Å². The molecule has 15 heavy (non-hydrogen) atoms. The molecule has 1 aromatic rings. The Morgan fingerprint density at radius 2 is 2.13 bits per heavy atom. The van der Waals surface area contributed by atoms with Gasteiger partial charge < -0.3 is 5.32 Å². The Hall–Kier alpha value is -0.280. The largest absolute Gasteiger partial charge is 0.362 e. The molecular weight excluding hydrogens is 228 g/mol. The van der Waals surface area contributed by atoms with E-state index in [0.29, 0.717) is 0 Å². The topological polar surface area (TPSA) is 24.9 Å². The Balaban J connectivity index is 2.04. The number of aromatic nitrogens is 1. The molecule has 86 valence electrons. The van der Waals surface area contributed by atoms with E-state index in [1.54, 1.807) is 11.3 Å². The molecule has 1 heterocycles. The minimum absolute atomic E-state index is 0.791. The zero-order valence-electron chi connectivity index (χ0n) is 9.26. The predicted molar refractivity (Wildman–Crippen MR) is 69.2 cm³/mol. The molecule has 0 saturated heterocycles. The number of hydrogen-bond acceptors (Lipinski definition) is 3. The van der Waals surface area contributed by atoms with E-state index in [1.807, 2.05) is 0 Å². The number of thiazole rings is 1. The molecule has 0 aromatic carbocycles. The predicted octanol–water partition coefficient (Wildman–Crippen LogP) is 3.92. The summed E-state index contributed by atoms with van der Waals surface area (Å²) >= 11 is 7.30. The number of rotatable bonds is 8. The van der Waals surface area contributed by atoms with E-state index < -0.39 is 0 Å². The molecule has 0 radical (unpaired) electrons. The second-order valence-corrected chi connectivity index (χ2v) is 4.76. The number of anilines is 1. The molecule has 0 unspecified atom stereocenters. The highest BCUT2D eigenvalue weighted by Gasteiger charge is 1.98. The van der Waals surface area contributed by atoms with Crippen LogP contribution in [-0.2, 0) is 6.42 Å². The third-order valence-corrected chi connectivity index (χ3v) is 3.37. The lowest BCUT2D eigenvalue weighted by Crippen LogP contribution is -2.01. The van der Waals surface area contributed by atoms with Crippen molar-refractivity contribution < 1.29 is 0 Å². The summed E-state index contributed by atoms with van der Waals surface area (Å²) in [5, 5.41) is 6.53. The second kappa shape index (κ2) is 7.94. The van der Waals surface area contributed by atoms with Crippen LogP contribution in [0, 0.1) is 0 Å². The van der Waals surface area contributed by atoms with Gasteiger partial charge in [0, 0.05) is 17.8 Å². The molecule has 0 aliphatic carbocycles. The molecule has 4 heteroatoms. The average Bonchev–Trinajstić information content (AvgIpc) is 2.71. The first-order valence-electron chi connectivity index (χ1n) is 5.61. The number of hydrogen-bond donors (Lipinski definition) is 1. The quantitative estimate of drug-likeness (QED) is 0.556. The lowest BCUT2D eigenvalue weighted by Gasteiger charge is -2.01. The zero-order chi connectivity index (χ0) is 10.9. The van der Waals surface area contributed by atoms with E-state index in [2.05, 4.69) is 22.6 Å². The number of halogens is 1. The molecule has 0 amide bonds. The van der Waals surface area contributed by atoms with E-state index in [9.17, 15) is 0 Å². The molecule has 0 spiro atoms. The Labute approximate surface area is 101 Å². The Bertz CT molecular complexity index is 263. The van der Waals surface area contributed by atoms with Crippen molar-refractivity contribution in [3.05, 3.63) is 11.1 Å². The van der Waals surface area contributed by atoms with Crippen LogP contribution in [-0.4, -0.2) is 17.4 Å². The summed E-state index contributed by atoms with van der Waals surface area (Å²) in [7, 11) is 0. The van der Waals surface area contributed by atoms with E-state index in [0.717, 1.165) is 30.4 Å². The van der Waals surface area contributed by atoms with Gasteiger partial charge >= 0.3 is 0 Å². The smallest absolute Gasteiger partial charge is 0.182 e. The first-order valence-corrected chi connectivity index (χ1v) is 7.02. The number of aryl methyl sites for hydroxylation is 1. The van der Waals surface area contributed by atoms with E-state index in [1.165, 1.54) is 25.0 Å². The third-order valence-electron chi connectivity index (χ3n) is 2.25. The molecule has 2 nitrogen and oxygen atoms in total. The number of alkyl halides is 1. The van der Waals surface area contributed by atoms with Gasteiger partial charge in [0.05, 0.1) is 5.69 Å². The molecule has 1 rings (SSSR count). The second-order valence-electron chi connectivity index (χ2n) is 3.53. The maximum Gasteiger partial charge on any atom is 0.182 e. The van der Waals surface area contributed by atoms with Gasteiger partial charge in [-0.1, -0.05) is 19.8 Å². The van der Waals surface area contributed by atoms with Crippen molar-refractivity contribution in [1.29, 1.82) is 0 Å². The summed E-state index contributed by atoms with van der Waals surface area (Å²) in [4.78, 5) is 4.45. The number of unbranched alkanes of at least 4 members (excludes halogenated alkanes) is 3. The van der Waals surface area contributed by atoms with Crippen molar-refractivity contribution in [2.75, 3.05) is 17.7 Å². The zero-order valence-corrected chi connectivity index (χ0v) is 10.8. The highest BCUT2D eigenvalue weighted by Crippen LogP contribution is 2.15. The summed E-state index contributed by atoms with van der Waals surface area (Å²) in [5.41, 5.74) is 1.18. The standard InChI is InChI=1S/C11H19ClN2S/c1-2-10-9-15-11(14-10)13-8-6-4-3-5-7-12/h9H,2-8H2,1H3,(H,13,14). The molecule has 0 fully saturated rings. The van der Waals surface area contributed by atoms with Crippen LogP contribution in [0.1, 0.15) is 38.3 Å². The number of nitrogens with one attached hydrogen (secondary N) is 1. The Morgan fingerprint density at radius 3 is 2.80 bits per heavy atom. The van der Waals surface area contributed by atoms with Gasteiger partial charge in [0.2, 0.25) is 0 Å². The summed E-state index contributed by atoms with van der Waals surface area (Å²) in [6, 6.07) is 0. The van der Waals surface area contributed by atoms with Gasteiger partial charge in [-0.2, -0.15) is 0 Å². The van der Waals surface area contributed by atoms with Crippen LogP contribution in [0.2, 0.25) is 0 Å². The van der Waals surface area contributed by atoms with Gasteiger partial charge in [-0.3, -0.25) is 0 Å². The van der Waals surface area contributed by atoms with Crippen LogP contribution in [0.25, 0.3) is 0 Å². The van der Waals surface area contributed by atoms with Crippen molar-refractivity contribution in [2.24, 2.45) is 0 Å². The van der Waals surface area contributed by atoms with E-state index in [-0.39, 0.29) is 0 Å². The lowest BCUT2D eigenvalue weighted by atomic mass is 10.2. The monoisotopic (exact) mass is 246 g/mol. The fourth-order valence-corrected chi connectivity index (χ4v) is 2.33. The summed E-state index contributed by atoms with van der Waals surface area (Å²) in [5.74, 6) is 0.791. The lowest BCUT2D eigenvalue weighted by molar-refractivity contribution is 0.687. The van der Waals surface area contributed by atoms with Crippen molar-refractivity contribution in [2.45, 2.75) is 39.0 Å². The van der Waals surface area contributed by atoms with Gasteiger partial charge in [-0.05, 0) is 19.3 Å². The highest BCUT2D eigenvalue weighted by atomic mass is 35.5. The van der Waals surface area contributed by atoms with Gasteiger partial charge in [-0.15, -0.1) is 22.9 Å². The normalized spacial score (nSPS) is 10.5. The van der Waals surface area contributed by atoms with Crippen molar-refractivity contribution >= 4 is 28.1 Å². The average molecular weight is 247 g/mol. The third kappa shape index (κ3) is 5.38. The molecule has 1 aromatic heterocycles. The highest BCUT2D eigenvalue weighted by molar-refractivity contribution is 7.13. The molecule has 0 aliphatic heterocycles. The summed E-state index contributed by atoms with van der Waals surface area (Å²) in [6.07, 6.45) is 5.86. The summed E-state index contributed by atoms with van der Waals surface area (Å²) < 4.78 is 0. The number of nitrogens with zero attached hydrogens (tertiary/aromatic N) is 1. The van der Waals surface area contributed by atoms with Crippen LogP contribution in [0.5, 0.6) is 0 Å². The Morgan fingerprint density at radius 1 is 1.33 bits per heavy atom. The molecular formula is C11H19ClN2S. The maximum absolute atomic E-state index is 5.60. The van der Waals surface area contributed by atoms with E-state index >= 15 is 0 Å². The minimum Gasteiger partial charge on any atom is -0.362 e. The van der Waals surface area contributed by atoms with Crippen molar-refractivity contribution in [3.63, 3.8) is 0 Å². The molecule has 0 aliphatic rings. The van der Waals surface area contributed by atoms with Gasteiger partial charge in [0.15, 0.2) is 5.13 Å². The van der Waals surface area contributed by atoms with Crippen molar-refractivity contribution in [3.8, 4) is 0 Å². The first-order chi connectivity index (χ1) is 7.36. The molecule has 0 saturated carbocycles. The van der Waals surface area contributed by atoms with Crippen LogP contribution >= 0.6 is 22.9 Å². The molecule has 1 N–H and O–H groups in total. The van der Waals surface area contributed by atoms with Gasteiger partial charge in [0.25, 0.3) is 0 Å². The van der Waals surface area contributed by atoms with Gasteiger partial charge in [0.1, 0.15) is 0 Å². The SMILES string of the molecule is CCc1csc(NCCCCCCCl)n1. The van der Waals surface area contributed by atoms with Crippen LogP contribution in [0.15, 0.2) is 5.38 Å². The first kappa shape index (κ1) is 12.8. The van der Waals surface area contributed by atoms with Gasteiger partial charge in [-0.25, -0.2) is 4.98 Å². The fourth-order valence-electron chi connectivity index (χ4n) is 1.32. The Kier molecular flexibility index (Phi) is 6.77. The van der Waals surface area contributed by atoms with E-state index in [4.69, 9.17) is 11.6 Å². The molecule has 0 atom stereocenters. The van der Waals surface area contributed by atoms with Crippen LogP contribution in [0.3, 0.4) is 0 Å². The van der Waals surface area contributed by atoms with Crippen LogP contribution < -0.4 is 5.32 Å². The van der Waals surface area contributed by atoms with Crippen molar-refractivity contribution in [1.82, 2.24) is 4.98 Å².